The SMILES string of the molecule is [3H]c1c(OC(=O)N(C)CC)cccc1[C@H](C)N(C)C. The number of rotatable bonds is 4. The molecule has 0 unspecified atom stereocenters. The Morgan fingerprint density at radius 1 is 1.44 bits per heavy atom. The molecule has 0 saturated carbocycles. The van der Waals surface area contributed by atoms with Crippen molar-refractivity contribution in [2.75, 3.05) is 27.7 Å². The monoisotopic (exact) mass is 252 g/mol. The number of benzene rings is 1. The summed E-state index contributed by atoms with van der Waals surface area (Å²) in [6.45, 7) is 4.45. The zero-order valence-corrected chi connectivity index (χ0v) is 11.7. The minimum absolute atomic E-state index is 0.0926. The predicted molar refractivity (Wildman–Crippen MR) is 72.9 cm³/mol. The topological polar surface area (TPSA) is 32.8 Å². The second-order valence-corrected chi connectivity index (χ2v) is 4.49. The number of carbonyl (C=O) groups excluding carboxylic acids is 1. The molecular formula is C14H22N2O2. The summed E-state index contributed by atoms with van der Waals surface area (Å²) in [6, 6.07) is 5.70. The van der Waals surface area contributed by atoms with Crippen LogP contribution in [0.1, 0.15) is 26.8 Å². The third-order valence-corrected chi connectivity index (χ3v) is 3.00. The summed E-state index contributed by atoms with van der Waals surface area (Å²) >= 11 is 0. The van der Waals surface area contributed by atoms with Gasteiger partial charge in [-0.1, -0.05) is 12.1 Å². The van der Waals surface area contributed by atoms with Crippen LogP contribution in [0.2, 0.25) is 0 Å². The van der Waals surface area contributed by atoms with Crippen LogP contribution < -0.4 is 4.74 Å². The minimum atomic E-state index is -0.439. The highest BCUT2D eigenvalue weighted by Crippen LogP contribution is 2.22. The predicted octanol–water partition coefficient (Wildman–Crippen LogP) is 2.76. The molecule has 0 fully saturated rings. The Hall–Kier alpha value is -1.55. The third-order valence-electron chi connectivity index (χ3n) is 3.00. The summed E-state index contributed by atoms with van der Waals surface area (Å²) < 4.78 is 13.4. The molecule has 0 radical (unpaired) electrons. The number of carbonyl (C=O) groups is 1. The van der Waals surface area contributed by atoms with E-state index in [4.69, 9.17) is 6.11 Å². The van der Waals surface area contributed by atoms with Crippen molar-refractivity contribution in [3.8, 4) is 5.75 Å². The Bertz CT molecular complexity index is 449. The summed E-state index contributed by atoms with van der Waals surface area (Å²) in [5.41, 5.74) is 0.842. The first kappa shape index (κ1) is 12.9. The summed E-state index contributed by atoms with van der Waals surface area (Å²) in [6.07, 6.45) is -0.439. The van der Waals surface area contributed by atoms with Gasteiger partial charge in [0.05, 0.1) is 1.37 Å². The molecule has 0 aliphatic rings. The number of hydrogen-bond acceptors (Lipinski definition) is 3. The van der Waals surface area contributed by atoms with Crippen LogP contribution in [0, 0.1) is 0 Å². The van der Waals surface area contributed by atoms with Crippen molar-refractivity contribution < 1.29 is 10.9 Å². The Labute approximate surface area is 111 Å². The quantitative estimate of drug-likeness (QED) is 0.826. The Kier molecular flexibility index (Phi) is 4.59. The molecule has 1 amide bonds. The van der Waals surface area contributed by atoms with Crippen molar-refractivity contribution >= 4 is 6.09 Å². The fourth-order valence-corrected chi connectivity index (χ4v) is 1.35. The zero-order valence-electron chi connectivity index (χ0n) is 12.7. The Balaban J connectivity index is 2.98. The lowest BCUT2D eigenvalue weighted by Crippen LogP contribution is -2.29. The van der Waals surface area contributed by atoms with Crippen LogP contribution in [0.15, 0.2) is 24.2 Å². The zero-order chi connectivity index (χ0) is 14.6. The molecule has 0 aliphatic heterocycles. The maximum atomic E-state index is 11.7. The van der Waals surface area contributed by atoms with Gasteiger partial charge in [0.2, 0.25) is 0 Å². The van der Waals surface area contributed by atoms with E-state index in [0.717, 1.165) is 5.56 Å². The maximum absolute atomic E-state index is 11.7. The van der Waals surface area contributed by atoms with E-state index < -0.39 is 6.09 Å². The molecule has 1 aromatic rings. The second-order valence-electron chi connectivity index (χ2n) is 4.49. The minimum Gasteiger partial charge on any atom is -0.410 e. The fourth-order valence-electron chi connectivity index (χ4n) is 1.35. The summed E-state index contributed by atoms with van der Waals surface area (Å²) in [5.74, 6) is 0.302. The molecule has 0 spiro atoms. The standard InChI is InChI=1S/C14H22N2O2/c1-6-16(5)14(17)18-13-9-7-8-12(10-13)11(2)15(3)4/h7-11H,6H2,1-5H3/t11-/m0/s1/i10T. The van der Waals surface area contributed by atoms with Crippen LogP contribution >= 0.6 is 0 Å². The van der Waals surface area contributed by atoms with Crippen molar-refractivity contribution in [2.45, 2.75) is 19.9 Å². The largest absolute Gasteiger partial charge is 0.414 e. The number of nitrogens with zero attached hydrogens (tertiary/aromatic N) is 2. The van der Waals surface area contributed by atoms with Gasteiger partial charge in [-0.15, -0.1) is 0 Å². The summed E-state index contributed by atoms with van der Waals surface area (Å²) in [5, 5.41) is 0. The lowest BCUT2D eigenvalue weighted by atomic mass is 10.1. The average Bonchev–Trinajstić information content (AvgIpc) is 2.39. The second kappa shape index (κ2) is 6.40. The molecule has 1 rings (SSSR count). The number of ether oxygens (including phenoxy) is 1. The Morgan fingerprint density at radius 3 is 2.67 bits per heavy atom. The van der Waals surface area contributed by atoms with Crippen molar-refractivity contribution in [3.05, 3.63) is 29.8 Å². The third kappa shape index (κ3) is 3.74. The van der Waals surface area contributed by atoms with E-state index >= 15 is 0 Å². The van der Waals surface area contributed by atoms with E-state index in [1.54, 1.807) is 13.1 Å². The van der Waals surface area contributed by atoms with Crippen LogP contribution in [-0.2, 0) is 0 Å². The van der Waals surface area contributed by atoms with Crippen molar-refractivity contribution in [3.63, 3.8) is 0 Å². The van der Waals surface area contributed by atoms with Crippen molar-refractivity contribution in [2.24, 2.45) is 0 Å². The lowest BCUT2D eigenvalue weighted by molar-refractivity contribution is 0.165. The van der Waals surface area contributed by atoms with E-state index in [0.29, 0.717) is 12.3 Å². The first-order valence-corrected chi connectivity index (χ1v) is 6.07. The van der Waals surface area contributed by atoms with E-state index in [2.05, 4.69) is 0 Å². The van der Waals surface area contributed by atoms with Crippen LogP contribution in [-0.4, -0.2) is 43.6 Å². The molecule has 0 saturated heterocycles. The van der Waals surface area contributed by atoms with Gasteiger partial charge in [0.25, 0.3) is 0 Å². The van der Waals surface area contributed by atoms with Gasteiger partial charge < -0.3 is 14.5 Å². The first-order valence-electron chi connectivity index (χ1n) is 6.57. The highest BCUT2D eigenvalue weighted by molar-refractivity contribution is 5.70. The number of hydrogen-bond donors (Lipinski definition) is 0. The fraction of sp³-hybridized carbons (Fsp3) is 0.500. The average molecular weight is 252 g/mol. The van der Waals surface area contributed by atoms with E-state index in [-0.39, 0.29) is 12.1 Å². The maximum Gasteiger partial charge on any atom is 0.414 e. The van der Waals surface area contributed by atoms with Gasteiger partial charge in [-0.25, -0.2) is 4.79 Å². The van der Waals surface area contributed by atoms with Gasteiger partial charge in [0.15, 0.2) is 0 Å². The molecule has 1 atom stereocenters. The van der Waals surface area contributed by atoms with Gasteiger partial charge in [0.1, 0.15) is 5.75 Å². The van der Waals surface area contributed by atoms with Gasteiger partial charge >= 0.3 is 6.09 Å². The van der Waals surface area contributed by atoms with Crippen molar-refractivity contribution in [1.82, 2.24) is 9.80 Å². The van der Waals surface area contributed by atoms with Crippen LogP contribution in [0.4, 0.5) is 4.79 Å². The molecule has 0 bridgehead atoms. The van der Waals surface area contributed by atoms with Gasteiger partial charge in [-0.2, -0.15) is 0 Å². The lowest BCUT2D eigenvalue weighted by Gasteiger charge is -2.21. The van der Waals surface area contributed by atoms with E-state index in [1.807, 2.05) is 45.0 Å². The van der Waals surface area contributed by atoms with Crippen LogP contribution in [0.25, 0.3) is 0 Å². The molecule has 4 nitrogen and oxygen atoms in total. The normalized spacial score (nSPS) is 13.1. The molecule has 100 valence electrons. The van der Waals surface area contributed by atoms with E-state index in [9.17, 15) is 4.79 Å². The first-order chi connectivity index (χ1) is 8.88. The van der Waals surface area contributed by atoms with Gasteiger partial charge in [-0.3, -0.25) is 0 Å². The molecule has 4 heteroatoms. The molecule has 18 heavy (non-hydrogen) atoms. The molecular weight excluding hydrogens is 228 g/mol. The highest BCUT2D eigenvalue weighted by atomic mass is 16.6. The van der Waals surface area contributed by atoms with Crippen molar-refractivity contribution in [1.29, 1.82) is 0 Å². The van der Waals surface area contributed by atoms with Crippen LogP contribution in [0.5, 0.6) is 5.75 Å². The van der Waals surface area contributed by atoms with Gasteiger partial charge in [-0.05, 0) is 45.6 Å². The highest BCUT2D eigenvalue weighted by Gasteiger charge is 2.12. The summed E-state index contributed by atoms with van der Waals surface area (Å²) in [4.78, 5) is 15.2. The molecule has 0 N–H and O–H groups in total. The molecule has 0 heterocycles. The van der Waals surface area contributed by atoms with Gasteiger partial charge in [0, 0.05) is 19.6 Å². The molecule has 0 aromatic heterocycles. The smallest absolute Gasteiger partial charge is 0.410 e. The van der Waals surface area contributed by atoms with Crippen LogP contribution in [0.3, 0.4) is 0 Å². The van der Waals surface area contributed by atoms with E-state index in [1.165, 1.54) is 4.90 Å². The summed E-state index contributed by atoms with van der Waals surface area (Å²) in [7, 11) is 5.57. The number of amides is 1. The Morgan fingerprint density at radius 2 is 2.11 bits per heavy atom. The molecule has 0 aliphatic carbocycles. The molecule has 1 aromatic carbocycles.